The van der Waals surface area contributed by atoms with Crippen LogP contribution in [0.15, 0.2) is 10.7 Å². The van der Waals surface area contributed by atoms with E-state index in [1.807, 2.05) is 6.26 Å². The molecule has 1 aliphatic rings. The topological polar surface area (TPSA) is 84.4 Å². The number of thioether (sulfide) groups is 1. The average Bonchev–Trinajstić information content (AvgIpc) is 3.14. The Kier molecular flexibility index (Phi) is 6.72. The molecule has 1 saturated heterocycles. The lowest BCUT2D eigenvalue weighted by Gasteiger charge is -2.18. The van der Waals surface area contributed by atoms with E-state index in [1.165, 1.54) is 19.1 Å². The van der Waals surface area contributed by atoms with Crippen LogP contribution in [0, 0.1) is 0 Å². The van der Waals surface area contributed by atoms with E-state index in [4.69, 9.17) is 10.2 Å². The summed E-state index contributed by atoms with van der Waals surface area (Å²) in [4.78, 5) is 18.6. The maximum absolute atomic E-state index is 12.1. The third-order valence-corrected chi connectivity index (χ3v) is 4.78. The van der Waals surface area contributed by atoms with Gasteiger partial charge in [-0.2, -0.15) is 11.8 Å². The molecule has 0 bridgehead atoms. The molecule has 3 N–H and O–H groups in total. The van der Waals surface area contributed by atoms with Crippen LogP contribution in [0.2, 0.25) is 0 Å². The highest BCUT2D eigenvalue weighted by Gasteiger charge is 2.21. The Balaban J connectivity index is 1.76. The number of hydrogen-bond donors (Lipinski definition) is 2. The Labute approximate surface area is 136 Å². The Morgan fingerprint density at radius 2 is 2.50 bits per heavy atom. The highest BCUT2D eigenvalue weighted by atomic mass is 32.2. The second-order valence-corrected chi connectivity index (χ2v) is 6.77. The lowest BCUT2D eigenvalue weighted by Crippen LogP contribution is -2.32. The van der Waals surface area contributed by atoms with Gasteiger partial charge < -0.3 is 20.4 Å². The van der Waals surface area contributed by atoms with Crippen molar-refractivity contribution in [1.82, 2.24) is 15.2 Å². The van der Waals surface area contributed by atoms with E-state index in [0.717, 1.165) is 25.1 Å². The number of hydrogen-bond acceptors (Lipinski definition) is 6. The van der Waals surface area contributed by atoms with Crippen molar-refractivity contribution in [3.05, 3.63) is 17.8 Å². The van der Waals surface area contributed by atoms with Gasteiger partial charge in [-0.3, -0.25) is 4.79 Å². The first-order valence-corrected chi connectivity index (χ1v) is 9.19. The molecular formula is C15H26N4O2S. The number of nitrogens with one attached hydrogen (secondary N) is 1. The predicted molar refractivity (Wildman–Crippen MR) is 89.0 cm³/mol. The molecule has 2 atom stereocenters. The molecule has 124 valence electrons. The maximum atomic E-state index is 12.1. The molecule has 22 heavy (non-hydrogen) atoms. The summed E-state index contributed by atoms with van der Waals surface area (Å²) < 4.78 is 5.33. The molecule has 0 saturated carbocycles. The van der Waals surface area contributed by atoms with E-state index in [2.05, 4.69) is 22.2 Å². The number of aromatic nitrogens is 1. The zero-order valence-electron chi connectivity index (χ0n) is 13.4. The molecule has 1 aliphatic heterocycles. The summed E-state index contributed by atoms with van der Waals surface area (Å²) in [5.74, 6) is 1.20. The summed E-state index contributed by atoms with van der Waals surface area (Å²) in [5.41, 5.74) is 6.30. The van der Waals surface area contributed by atoms with Crippen molar-refractivity contribution < 1.29 is 9.21 Å². The van der Waals surface area contributed by atoms with Crippen LogP contribution >= 0.6 is 11.8 Å². The normalized spacial score (nSPS) is 20.2. The fraction of sp³-hybridized carbons (Fsp3) is 0.733. The molecule has 7 heteroatoms. The quantitative estimate of drug-likeness (QED) is 0.755. The largest absolute Gasteiger partial charge is 0.446 e. The van der Waals surface area contributed by atoms with E-state index in [9.17, 15) is 4.79 Å². The van der Waals surface area contributed by atoms with Crippen molar-refractivity contribution in [3.63, 3.8) is 0 Å². The fourth-order valence-corrected chi connectivity index (χ4v) is 3.21. The van der Waals surface area contributed by atoms with Crippen molar-refractivity contribution in [3.8, 4) is 0 Å². The smallest absolute Gasteiger partial charge is 0.273 e. The van der Waals surface area contributed by atoms with Crippen molar-refractivity contribution in [1.29, 1.82) is 0 Å². The molecule has 2 rings (SSSR count). The van der Waals surface area contributed by atoms with Gasteiger partial charge in [-0.05, 0) is 51.3 Å². The van der Waals surface area contributed by atoms with E-state index < -0.39 is 0 Å². The van der Waals surface area contributed by atoms with Gasteiger partial charge in [0.25, 0.3) is 5.91 Å². The number of amides is 1. The van der Waals surface area contributed by atoms with Gasteiger partial charge in [-0.1, -0.05) is 0 Å². The maximum Gasteiger partial charge on any atom is 0.273 e. The Morgan fingerprint density at radius 3 is 3.18 bits per heavy atom. The van der Waals surface area contributed by atoms with Crippen LogP contribution in [0.5, 0.6) is 0 Å². The molecule has 2 heterocycles. The monoisotopic (exact) mass is 326 g/mol. The molecule has 1 aromatic rings. The van der Waals surface area contributed by atoms with Crippen LogP contribution in [0.3, 0.4) is 0 Å². The third kappa shape index (κ3) is 4.72. The van der Waals surface area contributed by atoms with Gasteiger partial charge in [-0.15, -0.1) is 0 Å². The predicted octanol–water partition coefficient (Wildman–Crippen LogP) is 1.64. The van der Waals surface area contributed by atoms with Crippen LogP contribution in [-0.4, -0.2) is 54.0 Å². The number of nitrogens with two attached hydrogens (primary N) is 1. The van der Waals surface area contributed by atoms with Crippen LogP contribution in [-0.2, 0) is 0 Å². The standard InChI is InChI=1S/C15H26N4O2S/c1-19-8-3-4-11(19)5-7-17-14(20)13-10-21-15(18-13)12(16)6-9-22-2/h10-12H,3-9,16H2,1-2H3,(H,17,20). The van der Waals surface area contributed by atoms with Gasteiger partial charge in [0.2, 0.25) is 5.89 Å². The van der Waals surface area contributed by atoms with Crippen LogP contribution in [0.4, 0.5) is 0 Å². The Hall–Kier alpha value is -1.05. The summed E-state index contributed by atoms with van der Waals surface area (Å²) in [5, 5.41) is 2.91. The van der Waals surface area contributed by atoms with Crippen LogP contribution in [0.25, 0.3) is 0 Å². The number of rotatable bonds is 8. The van der Waals surface area contributed by atoms with E-state index in [0.29, 0.717) is 24.2 Å². The molecule has 0 aromatic carbocycles. The average molecular weight is 326 g/mol. The zero-order valence-corrected chi connectivity index (χ0v) is 14.2. The van der Waals surface area contributed by atoms with Crippen molar-refractivity contribution in [2.75, 3.05) is 32.1 Å². The lowest BCUT2D eigenvalue weighted by molar-refractivity contribution is 0.0945. The molecule has 2 unspecified atom stereocenters. The molecule has 0 radical (unpaired) electrons. The van der Waals surface area contributed by atoms with Gasteiger partial charge in [0.1, 0.15) is 6.26 Å². The molecule has 1 fully saturated rings. The van der Waals surface area contributed by atoms with Gasteiger partial charge in [-0.25, -0.2) is 4.98 Å². The van der Waals surface area contributed by atoms with E-state index >= 15 is 0 Å². The van der Waals surface area contributed by atoms with Gasteiger partial charge >= 0.3 is 0 Å². The number of carbonyl (C=O) groups excluding carboxylic acids is 1. The third-order valence-electron chi connectivity index (χ3n) is 4.14. The summed E-state index contributed by atoms with van der Waals surface area (Å²) in [6.07, 6.45) is 7.64. The van der Waals surface area contributed by atoms with Gasteiger partial charge in [0, 0.05) is 12.6 Å². The van der Waals surface area contributed by atoms with Crippen LogP contribution < -0.4 is 11.1 Å². The summed E-state index contributed by atoms with van der Waals surface area (Å²) in [6, 6.07) is 0.328. The second-order valence-electron chi connectivity index (χ2n) is 5.78. The Morgan fingerprint density at radius 1 is 1.68 bits per heavy atom. The minimum Gasteiger partial charge on any atom is -0.446 e. The van der Waals surface area contributed by atoms with Gasteiger partial charge in [0.05, 0.1) is 6.04 Å². The van der Waals surface area contributed by atoms with Gasteiger partial charge in [0.15, 0.2) is 5.69 Å². The SMILES string of the molecule is CSCCC(N)c1nc(C(=O)NCCC2CCCN2C)co1. The number of likely N-dealkylation sites (tertiary alicyclic amines) is 1. The molecule has 6 nitrogen and oxygen atoms in total. The Bertz CT molecular complexity index is 480. The first-order valence-electron chi connectivity index (χ1n) is 7.80. The molecule has 0 spiro atoms. The molecule has 1 amide bonds. The van der Waals surface area contributed by atoms with E-state index in [-0.39, 0.29) is 11.9 Å². The first-order chi connectivity index (χ1) is 10.6. The second kappa shape index (κ2) is 8.55. The first kappa shape index (κ1) is 17.3. The molecule has 0 aliphatic carbocycles. The van der Waals surface area contributed by atoms with Crippen LogP contribution in [0.1, 0.15) is 48.1 Å². The summed E-state index contributed by atoms with van der Waals surface area (Å²) in [7, 11) is 2.14. The minimum atomic E-state index is -0.249. The van der Waals surface area contributed by atoms with Crippen molar-refractivity contribution in [2.45, 2.75) is 37.8 Å². The molecule has 1 aromatic heterocycles. The molecular weight excluding hydrogens is 300 g/mol. The highest BCUT2D eigenvalue weighted by molar-refractivity contribution is 7.98. The fourth-order valence-electron chi connectivity index (χ4n) is 2.72. The number of oxazole rings is 1. The number of carbonyl (C=O) groups is 1. The lowest BCUT2D eigenvalue weighted by atomic mass is 10.1. The van der Waals surface area contributed by atoms with Crippen molar-refractivity contribution in [2.24, 2.45) is 5.73 Å². The zero-order chi connectivity index (χ0) is 15.9. The minimum absolute atomic E-state index is 0.187. The summed E-state index contributed by atoms with van der Waals surface area (Å²) >= 11 is 1.73. The van der Waals surface area contributed by atoms with E-state index in [1.54, 1.807) is 11.8 Å². The summed E-state index contributed by atoms with van der Waals surface area (Å²) in [6.45, 7) is 1.81. The highest BCUT2D eigenvalue weighted by Crippen LogP contribution is 2.17. The number of nitrogens with zero attached hydrogens (tertiary/aromatic N) is 2. The van der Waals surface area contributed by atoms with Crippen molar-refractivity contribution >= 4 is 17.7 Å².